The zero-order chi connectivity index (χ0) is 32.8. The lowest BCUT2D eigenvalue weighted by Gasteiger charge is -2.18. The highest BCUT2D eigenvalue weighted by atomic mass is 31.1. The molecule has 2 aromatic heterocycles. The van der Waals surface area contributed by atoms with Crippen molar-refractivity contribution in [2.24, 2.45) is 0 Å². The molecule has 1 unspecified atom stereocenters. The van der Waals surface area contributed by atoms with Gasteiger partial charge in [-0.25, -0.2) is 19.7 Å². The van der Waals surface area contributed by atoms with Gasteiger partial charge in [-0.2, -0.15) is 0 Å². The molecule has 5 N–H and O–H groups in total. The Labute approximate surface area is 273 Å². The van der Waals surface area contributed by atoms with Crippen molar-refractivity contribution in [1.82, 2.24) is 24.8 Å². The van der Waals surface area contributed by atoms with E-state index in [2.05, 4.69) is 40.8 Å². The number of para-hydroxylation sites is 1. The van der Waals surface area contributed by atoms with Gasteiger partial charge in [0.05, 0.1) is 6.61 Å². The highest BCUT2D eigenvalue weighted by Crippen LogP contribution is 2.25. The van der Waals surface area contributed by atoms with Gasteiger partial charge in [-0.1, -0.05) is 37.3 Å². The standard InChI is InChI=1S/C33H37N8O5P/c1-2-41(20-22-46-47(43)44)19-6-21-45-28-15-11-25(12-16-28)30-39-29-31(35-23-36-32(29)40-30)34-18-17-24-9-13-27(14-10-24)38-33(42)37-26-7-4-3-5-8-26/h3-5,7-16,23H,2,6,17-22H2,1H3,(H4-,34,35,36,37,38,39,40,42,43,44)/p+1. The predicted molar refractivity (Wildman–Crippen MR) is 183 cm³/mol. The summed E-state index contributed by atoms with van der Waals surface area (Å²) < 4.78 is 21.3. The van der Waals surface area contributed by atoms with E-state index in [9.17, 15) is 9.36 Å². The molecular formula is C33H38N8O5P+. The summed E-state index contributed by atoms with van der Waals surface area (Å²) in [5.74, 6) is 2.11. The van der Waals surface area contributed by atoms with Gasteiger partial charge in [-0.05, 0) is 73.5 Å². The number of imidazole rings is 1. The fourth-order valence-corrected chi connectivity index (χ4v) is 5.10. The summed E-state index contributed by atoms with van der Waals surface area (Å²) in [5.41, 5.74) is 4.74. The molecule has 2 heterocycles. The number of ether oxygens (including phenoxy) is 1. The van der Waals surface area contributed by atoms with Gasteiger partial charge < -0.3 is 30.6 Å². The molecule has 14 heteroatoms. The molecule has 5 rings (SSSR count). The average molecular weight is 658 g/mol. The number of amides is 2. The Morgan fingerprint density at radius 2 is 1.68 bits per heavy atom. The number of carbonyl (C=O) groups is 1. The number of H-pyrrole nitrogens is 1. The number of hydrogen-bond acceptors (Lipinski definition) is 9. The number of carbonyl (C=O) groups excluding carboxylic acids is 1. The first-order valence-electron chi connectivity index (χ1n) is 15.4. The molecule has 5 aromatic rings. The Morgan fingerprint density at radius 1 is 0.936 bits per heavy atom. The van der Waals surface area contributed by atoms with Crippen LogP contribution in [0.25, 0.3) is 22.6 Å². The predicted octanol–water partition coefficient (Wildman–Crippen LogP) is 6.08. The Bertz CT molecular complexity index is 1740. The molecule has 2 amide bonds. The lowest BCUT2D eigenvalue weighted by atomic mass is 10.1. The van der Waals surface area contributed by atoms with Crippen molar-refractivity contribution >= 4 is 42.6 Å². The summed E-state index contributed by atoms with van der Waals surface area (Å²) >= 11 is 0. The molecule has 3 aromatic carbocycles. The number of fused-ring (bicyclic) bond motifs is 1. The molecule has 0 fully saturated rings. The highest BCUT2D eigenvalue weighted by Gasteiger charge is 2.14. The number of benzene rings is 3. The summed E-state index contributed by atoms with van der Waals surface area (Å²) in [7, 11) is -2.56. The Kier molecular flexibility index (Phi) is 12.2. The first-order chi connectivity index (χ1) is 23.0. The fourth-order valence-electron chi connectivity index (χ4n) is 4.86. The minimum Gasteiger partial charge on any atom is -0.494 e. The fraction of sp³-hybridized carbons (Fsp3) is 0.273. The van der Waals surface area contributed by atoms with Gasteiger partial charge in [-0.3, -0.25) is 0 Å². The van der Waals surface area contributed by atoms with Crippen LogP contribution in [0.5, 0.6) is 5.75 Å². The van der Waals surface area contributed by atoms with Crippen molar-refractivity contribution in [3.8, 4) is 17.1 Å². The molecule has 13 nitrogen and oxygen atoms in total. The number of aromatic nitrogens is 4. The van der Waals surface area contributed by atoms with Crippen molar-refractivity contribution in [3.63, 3.8) is 0 Å². The third kappa shape index (κ3) is 10.3. The Morgan fingerprint density at radius 3 is 2.40 bits per heavy atom. The van der Waals surface area contributed by atoms with Crippen LogP contribution in [0.15, 0.2) is 85.2 Å². The van der Waals surface area contributed by atoms with Crippen LogP contribution in [0.1, 0.15) is 18.9 Å². The van der Waals surface area contributed by atoms with E-state index in [4.69, 9.17) is 14.2 Å². The lowest BCUT2D eigenvalue weighted by Crippen LogP contribution is -2.29. The van der Waals surface area contributed by atoms with E-state index >= 15 is 0 Å². The Hall–Kier alpha value is -4.94. The van der Waals surface area contributed by atoms with Crippen molar-refractivity contribution in [3.05, 3.63) is 90.8 Å². The second-order valence-corrected chi connectivity index (χ2v) is 11.3. The van der Waals surface area contributed by atoms with E-state index in [-0.39, 0.29) is 12.6 Å². The van der Waals surface area contributed by atoms with Crippen molar-refractivity contribution < 1.29 is 23.5 Å². The van der Waals surface area contributed by atoms with E-state index in [1.54, 1.807) is 0 Å². The molecule has 0 spiro atoms. The molecule has 0 radical (unpaired) electrons. The van der Waals surface area contributed by atoms with E-state index in [0.29, 0.717) is 42.7 Å². The number of anilines is 3. The molecule has 0 aliphatic heterocycles. The van der Waals surface area contributed by atoms with E-state index < -0.39 is 8.25 Å². The van der Waals surface area contributed by atoms with Crippen LogP contribution < -0.4 is 20.7 Å². The number of nitrogens with zero attached hydrogens (tertiary/aromatic N) is 4. The second kappa shape index (κ2) is 17.1. The van der Waals surface area contributed by atoms with Gasteiger partial charge in [0.1, 0.15) is 30.0 Å². The first kappa shape index (κ1) is 33.4. The van der Waals surface area contributed by atoms with E-state index in [1.807, 2.05) is 85.8 Å². The minimum absolute atomic E-state index is 0.221. The van der Waals surface area contributed by atoms with Crippen molar-refractivity contribution in [2.45, 2.75) is 19.8 Å². The summed E-state index contributed by atoms with van der Waals surface area (Å²) in [6.07, 6.45) is 3.06. The quantitative estimate of drug-likeness (QED) is 0.0585. The molecule has 0 aliphatic carbocycles. The van der Waals surface area contributed by atoms with Crippen LogP contribution in [-0.4, -0.2) is 75.2 Å². The zero-order valence-corrected chi connectivity index (χ0v) is 27.0. The van der Waals surface area contributed by atoms with E-state index in [1.165, 1.54) is 6.33 Å². The van der Waals surface area contributed by atoms with Gasteiger partial charge in [0.15, 0.2) is 11.5 Å². The average Bonchev–Trinajstić information content (AvgIpc) is 3.53. The molecule has 0 aliphatic rings. The van der Waals surface area contributed by atoms with Crippen LogP contribution in [0.2, 0.25) is 0 Å². The van der Waals surface area contributed by atoms with Crippen LogP contribution in [0.3, 0.4) is 0 Å². The number of aromatic amines is 1. The van der Waals surface area contributed by atoms with Crippen molar-refractivity contribution in [1.29, 1.82) is 0 Å². The van der Waals surface area contributed by atoms with Crippen LogP contribution in [0, 0.1) is 0 Å². The summed E-state index contributed by atoms with van der Waals surface area (Å²) in [6, 6.07) is 24.4. The molecular weight excluding hydrogens is 619 g/mol. The summed E-state index contributed by atoms with van der Waals surface area (Å²) in [4.78, 5) is 39.9. The number of rotatable bonds is 17. The van der Waals surface area contributed by atoms with E-state index in [0.717, 1.165) is 54.0 Å². The molecule has 244 valence electrons. The largest absolute Gasteiger partial charge is 0.694 e. The molecule has 0 bridgehead atoms. The van der Waals surface area contributed by atoms with Crippen molar-refractivity contribution in [2.75, 3.05) is 55.3 Å². The SMILES string of the molecule is CCN(CCCOc1ccc(-c2nc3ncnc(NCCc4ccc(NC(=O)Nc5ccccc5)cc4)c3[nH]2)cc1)CCO[P+](=O)O. The summed E-state index contributed by atoms with van der Waals surface area (Å²) in [6.45, 7) is 5.67. The minimum atomic E-state index is -2.56. The maximum Gasteiger partial charge on any atom is 0.694 e. The molecule has 0 saturated heterocycles. The zero-order valence-electron chi connectivity index (χ0n) is 26.1. The third-order valence-electron chi connectivity index (χ3n) is 7.31. The topological polar surface area (TPSA) is 167 Å². The lowest BCUT2D eigenvalue weighted by molar-refractivity contribution is 0.194. The smallest absolute Gasteiger partial charge is 0.494 e. The van der Waals surface area contributed by atoms with Gasteiger partial charge >= 0.3 is 14.3 Å². The normalized spacial score (nSPS) is 11.4. The summed E-state index contributed by atoms with van der Waals surface area (Å²) in [5, 5.41) is 9.04. The Balaban J connectivity index is 1.08. The van der Waals surface area contributed by atoms with Crippen LogP contribution in [-0.2, 0) is 15.5 Å². The van der Waals surface area contributed by atoms with Crippen LogP contribution in [0.4, 0.5) is 22.0 Å². The van der Waals surface area contributed by atoms with Crippen LogP contribution >= 0.6 is 8.25 Å². The molecule has 0 saturated carbocycles. The number of nitrogens with one attached hydrogen (secondary N) is 4. The number of urea groups is 1. The van der Waals surface area contributed by atoms with Gasteiger partial charge in [0.2, 0.25) is 0 Å². The third-order valence-corrected chi connectivity index (χ3v) is 7.71. The second-order valence-electron chi connectivity index (χ2n) is 10.6. The van der Waals surface area contributed by atoms with Gasteiger partial charge in [0.25, 0.3) is 0 Å². The molecule has 47 heavy (non-hydrogen) atoms. The molecule has 1 atom stereocenters. The number of hydrogen-bond donors (Lipinski definition) is 5. The first-order valence-corrected chi connectivity index (χ1v) is 16.5. The van der Waals surface area contributed by atoms with Gasteiger partial charge in [-0.15, -0.1) is 9.42 Å². The number of likely N-dealkylation sites (N-methyl/N-ethyl adjacent to an activating group) is 1. The highest BCUT2D eigenvalue weighted by molar-refractivity contribution is 7.32. The van der Waals surface area contributed by atoms with Gasteiger partial charge in [0, 0.05) is 41.1 Å². The maximum absolute atomic E-state index is 12.3. The monoisotopic (exact) mass is 657 g/mol. The maximum atomic E-state index is 12.3.